The van der Waals surface area contributed by atoms with Gasteiger partial charge < -0.3 is 5.11 Å². The summed E-state index contributed by atoms with van der Waals surface area (Å²) in [7, 11) is 0. The van der Waals surface area contributed by atoms with Gasteiger partial charge in [-0.25, -0.2) is 4.99 Å². The van der Waals surface area contributed by atoms with Crippen molar-refractivity contribution in [2.75, 3.05) is 26.2 Å². The van der Waals surface area contributed by atoms with Gasteiger partial charge in [-0.2, -0.15) is 0 Å². The van der Waals surface area contributed by atoms with Gasteiger partial charge in [0, 0.05) is 6.42 Å². The molecule has 0 bridgehead atoms. The number of aliphatic hydroxyl groups excluding tert-OH is 1. The Morgan fingerprint density at radius 1 is 0.923 bits per heavy atom. The van der Waals surface area contributed by atoms with Crippen molar-refractivity contribution in [1.29, 1.82) is 0 Å². The molecular formula is C23H45N2O+. The average molecular weight is 366 g/mol. The van der Waals surface area contributed by atoms with Crippen LogP contribution in [0.4, 0.5) is 0 Å². The standard InChI is InChI=1S/C23H45N2O/c1-3-5-6-7-8-9-10-11-12-13-14-15-16-17-18-23-24-19-20-25(23,4-2)21-22-26/h6-7,19,23,26H,3-5,8-18,20-22H2,1-2H3/q+1/b7-6+. The molecule has 1 N–H and O–H groups in total. The molecule has 1 heterocycles. The molecule has 0 fully saturated rings. The van der Waals surface area contributed by atoms with Crippen LogP contribution in [0.3, 0.4) is 0 Å². The van der Waals surface area contributed by atoms with Crippen molar-refractivity contribution in [2.24, 2.45) is 4.99 Å². The second-order valence-corrected chi connectivity index (χ2v) is 8.00. The highest BCUT2D eigenvalue weighted by Crippen LogP contribution is 2.24. The first kappa shape index (κ1) is 23.4. The number of allylic oxidation sites excluding steroid dienone is 2. The molecule has 0 spiro atoms. The smallest absolute Gasteiger partial charge is 0.182 e. The van der Waals surface area contributed by atoms with Gasteiger partial charge in [0.05, 0.1) is 19.4 Å². The maximum atomic E-state index is 9.36. The Balaban J connectivity index is 1.92. The third-order valence-corrected chi connectivity index (χ3v) is 5.99. The van der Waals surface area contributed by atoms with E-state index in [-0.39, 0.29) is 6.61 Å². The summed E-state index contributed by atoms with van der Waals surface area (Å²) in [6, 6.07) is 0. The zero-order valence-corrected chi connectivity index (χ0v) is 17.7. The summed E-state index contributed by atoms with van der Waals surface area (Å²) in [6.07, 6.45) is 24.6. The van der Waals surface area contributed by atoms with Gasteiger partial charge in [-0.05, 0) is 32.6 Å². The van der Waals surface area contributed by atoms with Gasteiger partial charge in [0.2, 0.25) is 0 Å². The van der Waals surface area contributed by atoms with Crippen LogP contribution in [0.1, 0.15) is 97.3 Å². The van der Waals surface area contributed by atoms with E-state index in [0.717, 1.165) is 24.1 Å². The molecule has 0 radical (unpaired) electrons. The second kappa shape index (κ2) is 15.4. The summed E-state index contributed by atoms with van der Waals surface area (Å²) in [5.41, 5.74) is 0. The third kappa shape index (κ3) is 9.32. The number of hydrogen-bond acceptors (Lipinski definition) is 2. The van der Waals surface area contributed by atoms with Crippen LogP contribution >= 0.6 is 0 Å². The number of nitrogens with zero attached hydrogens (tertiary/aromatic N) is 2. The molecule has 1 rings (SSSR count). The van der Waals surface area contributed by atoms with Crippen molar-refractivity contribution in [3.05, 3.63) is 12.2 Å². The van der Waals surface area contributed by atoms with E-state index >= 15 is 0 Å². The fraction of sp³-hybridized carbons (Fsp3) is 0.870. The van der Waals surface area contributed by atoms with E-state index in [9.17, 15) is 5.11 Å². The predicted octanol–water partition coefficient (Wildman–Crippen LogP) is 5.87. The summed E-state index contributed by atoms with van der Waals surface area (Å²) in [4.78, 5) is 4.71. The third-order valence-electron chi connectivity index (χ3n) is 5.99. The van der Waals surface area contributed by atoms with E-state index in [1.165, 1.54) is 83.5 Å². The van der Waals surface area contributed by atoms with Crippen molar-refractivity contribution in [2.45, 2.75) is 103 Å². The number of hydrogen-bond donors (Lipinski definition) is 1. The van der Waals surface area contributed by atoms with Crippen molar-refractivity contribution in [3.63, 3.8) is 0 Å². The molecule has 0 aliphatic carbocycles. The molecule has 3 nitrogen and oxygen atoms in total. The second-order valence-electron chi connectivity index (χ2n) is 8.00. The first-order valence-corrected chi connectivity index (χ1v) is 11.4. The quantitative estimate of drug-likeness (QED) is 0.195. The molecule has 0 saturated carbocycles. The summed E-state index contributed by atoms with van der Waals surface area (Å²) < 4.78 is 0.976. The number of aliphatic hydroxyl groups is 1. The van der Waals surface area contributed by atoms with Crippen LogP contribution in [-0.2, 0) is 0 Å². The van der Waals surface area contributed by atoms with Crippen molar-refractivity contribution in [3.8, 4) is 0 Å². The fourth-order valence-corrected chi connectivity index (χ4v) is 4.11. The monoisotopic (exact) mass is 365 g/mol. The molecule has 1 aliphatic heterocycles. The molecule has 0 amide bonds. The molecule has 0 aromatic carbocycles. The molecule has 0 saturated heterocycles. The molecule has 152 valence electrons. The van der Waals surface area contributed by atoms with E-state index in [1.54, 1.807) is 0 Å². The van der Waals surface area contributed by atoms with Gasteiger partial charge in [0.15, 0.2) is 6.17 Å². The molecule has 2 unspecified atom stereocenters. The van der Waals surface area contributed by atoms with Crippen LogP contribution in [0.2, 0.25) is 0 Å². The van der Waals surface area contributed by atoms with Crippen molar-refractivity contribution in [1.82, 2.24) is 0 Å². The molecule has 1 aliphatic rings. The highest BCUT2D eigenvalue weighted by Gasteiger charge is 2.36. The number of quaternary nitrogens is 1. The minimum atomic E-state index is 0.280. The summed E-state index contributed by atoms with van der Waals surface area (Å²) in [5.74, 6) is 0. The van der Waals surface area contributed by atoms with Gasteiger partial charge in [0.1, 0.15) is 13.1 Å². The summed E-state index contributed by atoms with van der Waals surface area (Å²) in [5, 5.41) is 9.36. The molecule has 0 aromatic rings. The minimum absolute atomic E-state index is 0.280. The zero-order valence-electron chi connectivity index (χ0n) is 17.7. The Morgan fingerprint density at radius 3 is 2.15 bits per heavy atom. The van der Waals surface area contributed by atoms with Crippen LogP contribution in [0, 0.1) is 0 Å². The van der Waals surface area contributed by atoms with Crippen LogP contribution in [0.15, 0.2) is 17.1 Å². The van der Waals surface area contributed by atoms with Crippen molar-refractivity contribution < 1.29 is 9.59 Å². The van der Waals surface area contributed by atoms with Gasteiger partial charge >= 0.3 is 0 Å². The van der Waals surface area contributed by atoms with Crippen molar-refractivity contribution >= 4 is 6.21 Å². The van der Waals surface area contributed by atoms with Crippen LogP contribution in [0.25, 0.3) is 0 Å². The lowest BCUT2D eigenvalue weighted by molar-refractivity contribution is -0.936. The maximum absolute atomic E-state index is 9.36. The average Bonchev–Trinajstić information content (AvgIpc) is 3.05. The molecule has 2 atom stereocenters. The lowest BCUT2D eigenvalue weighted by Gasteiger charge is -2.37. The first-order chi connectivity index (χ1) is 12.8. The maximum Gasteiger partial charge on any atom is 0.182 e. The number of likely N-dealkylation sites (N-methyl/N-ethyl adjacent to an activating group) is 1. The number of rotatable bonds is 17. The lowest BCUT2D eigenvalue weighted by Crippen LogP contribution is -2.53. The Morgan fingerprint density at radius 2 is 1.54 bits per heavy atom. The van der Waals surface area contributed by atoms with Gasteiger partial charge in [-0.1, -0.05) is 70.4 Å². The minimum Gasteiger partial charge on any atom is -0.391 e. The largest absolute Gasteiger partial charge is 0.391 e. The van der Waals surface area contributed by atoms with Gasteiger partial charge in [-0.15, -0.1) is 0 Å². The van der Waals surface area contributed by atoms with E-state index in [1.807, 2.05) is 0 Å². The number of aliphatic imine (C=N–C) groups is 1. The first-order valence-electron chi connectivity index (χ1n) is 11.4. The Hall–Kier alpha value is -0.670. The van der Waals surface area contributed by atoms with Gasteiger partial charge in [-0.3, -0.25) is 4.48 Å². The Labute approximate surface area is 163 Å². The van der Waals surface area contributed by atoms with Crippen LogP contribution in [-0.4, -0.2) is 48.2 Å². The predicted molar refractivity (Wildman–Crippen MR) is 115 cm³/mol. The molecular weight excluding hydrogens is 320 g/mol. The highest BCUT2D eigenvalue weighted by atomic mass is 16.3. The Bertz CT molecular complexity index is 380. The molecule has 0 aromatic heterocycles. The lowest BCUT2D eigenvalue weighted by atomic mass is 10.0. The van der Waals surface area contributed by atoms with E-state index in [0.29, 0.717) is 6.17 Å². The normalized spacial score (nSPS) is 22.7. The summed E-state index contributed by atoms with van der Waals surface area (Å²) in [6.45, 7) is 7.70. The molecule has 26 heavy (non-hydrogen) atoms. The number of unbranched alkanes of at least 4 members (excludes halogenated alkanes) is 10. The molecule has 3 heteroatoms. The summed E-state index contributed by atoms with van der Waals surface area (Å²) >= 11 is 0. The highest BCUT2D eigenvalue weighted by molar-refractivity contribution is 5.60. The van der Waals surface area contributed by atoms with E-state index < -0.39 is 0 Å². The fourth-order valence-electron chi connectivity index (χ4n) is 4.11. The Kier molecular flexibility index (Phi) is 13.8. The zero-order chi connectivity index (χ0) is 18.9. The van der Waals surface area contributed by atoms with Gasteiger partial charge in [0.25, 0.3) is 0 Å². The van der Waals surface area contributed by atoms with E-state index in [4.69, 9.17) is 4.99 Å². The van der Waals surface area contributed by atoms with E-state index in [2.05, 4.69) is 32.2 Å². The SMILES string of the molecule is CCC/C=C/CCCCCCCCCCCC1N=CC[N+]1(CC)CCO. The topological polar surface area (TPSA) is 32.6 Å². The van der Waals surface area contributed by atoms with Crippen LogP contribution in [0.5, 0.6) is 0 Å². The van der Waals surface area contributed by atoms with Crippen LogP contribution < -0.4 is 0 Å².